The number of benzene rings is 1. The first-order valence-corrected chi connectivity index (χ1v) is 8.19. The highest BCUT2D eigenvalue weighted by molar-refractivity contribution is 5.18. The number of nitrogens with zero attached hydrogens (tertiary/aromatic N) is 1. The highest BCUT2D eigenvalue weighted by Gasteiger charge is 2.20. The molecule has 1 heterocycles. The van der Waals surface area contributed by atoms with E-state index in [-0.39, 0.29) is 0 Å². The molecule has 0 spiro atoms. The maximum Gasteiger partial charge on any atom is 0.0195 e. The molecule has 1 aliphatic rings. The molecule has 0 aromatic heterocycles. The van der Waals surface area contributed by atoms with Gasteiger partial charge in [-0.3, -0.25) is 4.90 Å². The van der Waals surface area contributed by atoms with Gasteiger partial charge in [-0.2, -0.15) is 0 Å². The molecule has 1 aromatic carbocycles. The summed E-state index contributed by atoms with van der Waals surface area (Å²) in [6, 6.07) is 12.3. The van der Waals surface area contributed by atoms with Crippen LogP contribution in [0.5, 0.6) is 0 Å². The van der Waals surface area contributed by atoms with Crippen LogP contribution in [0, 0.1) is 0 Å². The summed E-state index contributed by atoms with van der Waals surface area (Å²) < 4.78 is 0. The summed E-state index contributed by atoms with van der Waals surface area (Å²) >= 11 is 0. The fraction of sp³-hybridized carbons (Fsp3) is 0.667. The first-order valence-electron chi connectivity index (χ1n) is 8.19. The Labute approximate surface area is 124 Å². The third-order valence-corrected chi connectivity index (χ3v) is 4.57. The molecule has 0 saturated carbocycles. The Hall–Kier alpha value is -0.860. The Morgan fingerprint density at radius 2 is 1.95 bits per heavy atom. The topological polar surface area (TPSA) is 15.3 Å². The molecule has 0 amide bonds. The van der Waals surface area contributed by atoms with Gasteiger partial charge in [0.2, 0.25) is 0 Å². The third-order valence-electron chi connectivity index (χ3n) is 4.57. The van der Waals surface area contributed by atoms with Gasteiger partial charge in [0.05, 0.1) is 0 Å². The molecule has 20 heavy (non-hydrogen) atoms. The van der Waals surface area contributed by atoms with Crippen molar-refractivity contribution in [3.8, 4) is 0 Å². The fourth-order valence-corrected chi connectivity index (χ4v) is 3.06. The lowest BCUT2D eigenvalue weighted by Crippen LogP contribution is -2.41. The van der Waals surface area contributed by atoms with E-state index in [2.05, 4.69) is 61.3 Å². The van der Waals surface area contributed by atoms with Crippen LogP contribution in [-0.4, -0.2) is 36.6 Å². The van der Waals surface area contributed by atoms with Gasteiger partial charge in [0, 0.05) is 18.6 Å². The van der Waals surface area contributed by atoms with E-state index >= 15 is 0 Å². The quantitative estimate of drug-likeness (QED) is 0.816. The average molecular weight is 274 g/mol. The number of nitrogens with one attached hydrogen (secondary N) is 1. The third kappa shape index (κ3) is 4.60. The minimum Gasteiger partial charge on any atom is -0.313 e. The minimum atomic E-state index is 0.639. The van der Waals surface area contributed by atoms with Crippen LogP contribution in [-0.2, 0) is 0 Å². The summed E-state index contributed by atoms with van der Waals surface area (Å²) in [6.45, 7) is 10.6. The van der Waals surface area contributed by atoms with Crippen LogP contribution >= 0.6 is 0 Å². The molecule has 112 valence electrons. The van der Waals surface area contributed by atoms with Crippen molar-refractivity contribution in [2.24, 2.45) is 0 Å². The molecule has 2 atom stereocenters. The first kappa shape index (κ1) is 15.5. The molecular formula is C18H30N2. The molecule has 0 bridgehead atoms. The number of hydrogen-bond donors (Lipinski definition) is 1. The van der Waals surface area contributed by atoms with Crippen molar-refractivity contribution in [3.63, 3.8) is 0 Å². The molecule has 1 saturated heterocycles. The van der Waals surface area contributed by atoms with Gasteiger partial charge in [0.1, 0.15) is 0 Å². The lowest BCUT2D eigenvalue weighted by molar-refractivity contribution is 0.196. The van der Waals surface area contributed by atoms with Gasteiger partial charge in [-0.05, 0) is 57.7 Å². The van der Waals surface area contributed by atoms with Crippen LogP contribution < -0.4 is 5.32 Å². The molecular weight excluding hydrogens is 244 g/mol. The maximum atomic E-state index is 3.62. The molecule has 1 fully saturated rings. The van der Waals surface area contributed by atoms with Crippen molar-refractivity contribution in [1.82, 2.24) is 10.2 Å². The van der Waals surface area contributed by atoms with Crippen molar-refractivity contribution < 1.29 is 0 Å². The van der Waals surface area contributed by atoms with E-state index in [1.807, 2.05) is 0 Å². The number of rotatable bonds is 7. The fourth-order valence-electron chi connectivity index (χ4n) is 3.06. The molecule has 2 nitrogen and oxygen atoms in total. The van der Waals surface area contributed by atoms with Crippen LogP contribution in [0.1, 0.15) is 51.5 Å². The van der Waals surface area contributed by atoms with Crippen molar-refractivity contribution in [2.45, 2.75) is 58.0 Å². The lowest BCUT2D eigenvalue weighted by atomic mass is 9.97. The van der Waals surface area contributed by atoms with Crippen LogP contribution in [0.4, 0.5) is 0 Å². The second-order valence-electron chi connectivity index (χ2n) is 6.48. The smallest absolute Gasteiger partial charge is 0.0195 e. The predicted octanol–water partition coefficient (Wildman–Crippen LogP) is 3.64. The van der Waals surface area contributed by atoms with Gasteiger partial charge in [0.25, 0.3) is 0 Å². The highest BCUT2D eigenvalue weighted by atomic mass is 15.2. The lowest BCUT2D eigenvalue weighted by Gasteiger charge is -2.30. The molecule has 2 heteroatoms. The van der Waals surface area contributed by atoms with Gasteiger partial charge < -0.3 is 5.32 Å². The van der Waals surface area contributed by atoms with E-state index in [0.29, 0.717) is 18.0 Å². The van der Waals surface area contributed by atoms with E-state index in [4.69, 9.17) is 0 Å². The SMILES string of the molecule is CC(CCN(CC1CCCN1)C(C)C)c1ccccc1. The van der Waals surface area contributed by atoms with Gasteiger partial charge >= 0.3 is 0 Å². The maximum absolute atomic E-state index is 3.62. The van der Waals surface area contributed by atoms with Crippen molar-refractivity contribution in [3.05, 3.63) is 35.9 Å². The Kier molecular flexibility index (Phi) is 6.06. The van der Waals surface area contributed by atoms with E-state index in [1.54, 1.807) is 0 Å². The summed E-state index contributed by atoms with van der Waals surface area (Å²) in [6.07, 6.45) is 3.93. The number of hydrogen-bond acceptors (Lipinski definition) is 2. The van der Waals surface area contributed by atoms with E-state index < -0.39 is 0 Å². The molecule has 0 radical (unpaired) electrons. The molecule has 1 aliphatic heterocycles. The van der Waals surface area contributed by atoms with Crippen molar-refractivity contribution >= 4 is 0 Å². The summed E-state index contributed by atoms with van der Waals surface area (Å²) in [5, 5.41) is 3.62. The second kappa shape index (κ2) is 7.80. The van der Waals surface area contributed by atoms with Crippen LogP contribution in [0.15, 0.2) is 30.3 Å². The van der Waals surface area contributed by atoms with Crippen LogP contribution in [0.3, 0.4) is 0 Å². The Bertz CT molecular complexity index is 368. The van der Waals surface area contributed by atoms with Gasteiger partial charge in [0.15, 0.2) is 0 Å². The first-order chi connectivity index (χ1) is 9.66. The van der Waals surface area contributed by atoms with Gasteiger partial charge in [-0.1, -0.05) is 37.3 Å². The Morgan fingerprint density at radius 3 is 2.55 bits per heavy atom. The van der Waals surface area contributed by atoms with Gasteiger partial charge in [-0.15, -0.1) is 0 Å². The summed E-state index contributed by atoms with van der Waals surface area (Å²) in [4.78, 5) is 2.64. The molecule has 2 rings (SSSR count). The average Bonchev–Trinajstić information content (AvgIpc) is 2.96. The van der Waals surface area contributed by atoms with Crippen molar-refractivity contribution in [1.29, 1.82) is 0 Å². The summed E-state index contributed by atoms with van der Waals surface area (Å²) in [5.41, 5.74) is 1.47. The van der Waals surface area contributed by atoms with E-state index in [0.717, 1.165) is 0 Å². The second-order valence-corrected chi connectivity index (χ2v) is 6.48. The Balaban J connectivity index is 1.82. The normalized spacial score (nSPS) is 20.8. The zero-order valence-electron chi connectivity index (χ0n) is 13.3. The van der Waals surface area contributed by atoms with Crippen LogP contribution in [0.25, 0.3) is 0 Å². The predicted molar refractivity (Wildman–Crippen MR) is 87.2 cm³/mol. The molecule has 1 N–H and O–H groups in total. The highest BCUT2D eigenvalue weighted by Crippen LogP contribution is 2.20. The van der Waals surface area contributed by atoms with E-state index in [1.165, 1.54) is 44.5 Å². The van der Waals surface area contributed by atoms with Crippen LogP contribution in [0.2, 0.25) is 0 Å². The van der Waals surface area contributed by atoms with Crippen molar-refractivity contribution in [2.75, 3.05) is 19.6 Å². The zero-order valence-corrected chi connectivity index (χ0v) is 13.3. The zero-order chi connectivity index (χ0) is 14.4. The standard InChI is InChI=1S/C18H30N2/c1-15(2)20(14-18-10-7-12-19-18)13-11-16(3)17-8-5-4-6-9-17/h4-6,8-9,15-16,18-19H,7,10-14H2,1-3H3. The van der Waals surface area contributed by atoms with Gasteiger partial charge in [-0.25, -0.2) is 0 Å². The molecule has 0 aliphatic carbocycles. The largest absolute Gasteiger partial charge is 0.313 e. The minimum absolute atomic E-state index is 0.639. The summed E-state index contributed by atoms with van der Waals surface area (Å²) in [7, 11) is 0. The monoisotopic (exact) mass is 274 g/mol. The summed E-state index contributed by atoms with van der Waals surface area (Å²) in [5.74, 6) is 0.647. The van der Waals surface area contributed by atoms with E-state index in [9.17, 15) is 0 Å². The Morgan fingerprint density at radius 1 is 1.20 bits per heavy atom. The molecule has 2 unspecified atom stereocenters. The molecule has 1 aromatic rings.